The number of methoxy groups -OCH3 is 1. The first-order valence-corrected chi connectivity index (χ1v) is 5.41. The number of ether oxygens (including phenoxy) is 1. The smallest absolute Gasteiger partial charge is 0.141 e. The lowest BCUT2D eigenvalue weighted by Gasteiger charge is -2.10. The predicted molar refractivity (Wildman–Crippen MR) is 67.3 cm³/mol. The zero-order valence-electron chi connectivity index (χ0n) is 9.92. The minimum absolute atomic E-state index is 0.0987. The summed E-state index contributed by atoms with van der Waals surface area (Å²) in [6.45, 7) is 2.01. The van der Waals surface area contributed by atoms with Crippen LogP contribution in [0.25, 0.3) is 11.3 Å². The van der Waals surface area contributed by atoms with E-state index in [4.69, 9.17) is 10.5 Å². The lowest BCUT2D eigenvalue weighted by atomic mass is 10.1. The number of rotatable bonds is 3. The molecule has 1 aromatic heterocycles. The van der Waals surface area contributed by atoms with E-state index in [2.05, 4.69) is 9.97 Å². The first-order valence-electron chi connectivity index (χ1n) is 5.41. The molecule has 2 N–H and O–H groups in total. The van der Waals surface area contributed by atoms with Gasteiger partial charge in [-0.25, -0.2) is 4.98 Å². The van der Waals surface area contributed by atoms with Crippen LogP contribution >= 0.6 is 0 Å². The van der Waals surface area contributed by atoms with Gasteiger partial charge in [0, 0.05) is 12.7 Å². The molecule has 2 aromatic rings. The van der Waals surface area contributed by atoms with Crippen molar-refractivity contribution in [2.24, 2.45) is 0 Å². The molecule has 0 radical (unpaired) electrons. The van der Waals surface area contributed by atoms with Crippen molar-refractivity contribution in [1.29, 1.82) is 0 Å². The fourth-order valence-electron chi connectivity index (χ4n) is 1.55. The van der Waals surface area contributed by atoms with Gasteiger partial charge in [0.2, 0.25) is 0 Å². The summed E-state index contributed by atoms with van der Waals surface area (Å²) < 4.78 is 5.25. The van der Waals surface area contributed by atoms with Crippen molar-refractivity contribution >= 4 is 5.82 Å². The summed E-state index contributed by atoms with van der Waals surface area (Å²) in [6.07, 6.45) is 3.33. The van der Waals surface area contributed by atoms with Crippen LogP contribution in [0.15, 0.2) is 36.7 Å². The second-order valence-electron chi connectivity index (χ2n) is 3.83. The highest BCUT2D eigenvalue weighted by atomic mass is 16.5. The van der Waals surface area contributed by atoms with Crippen LogP contribution in [0.1, 0.15) is 18.6 Å². The SMILES string of the molecule is COC(C)c1ccc(-c2cnc(N)cn2)cc1. The normalized spacial score (nSPS) is 12.4. The Morgan fingerprint density at radius 1 is 1.12 bits per heavy atom. The van der Waals surface area contributed by atoms with E-state index in [9.17, 15) is 0 Å². The molecule has 4 nitrogen and oxygen atoms in total. The number of hydrogen-bond acceptors (Lipinski definition) is 4. The van der Waals surface area contributed by atoms with Gasteiger partial charge in [-0.3, -0.25) is 4.98 Å². The fraction of sp³-hybridized carbons (Fsp3) is 0.231. The van der Waals surface area contributed by atoms with Gasteiger partial charge < -0.3 is 10.5 Å². The highest BCUT2D eigenvalue weighted by Gasteiger charge is 2.04. The number of benzene rings is 1. The maximum absolute atomic E-state index is 5.50. The molecule has 1 heterocycles. The summed E-state index contributed by atoms with van der Waals surface area (Å²) in [4.78, 5) is 8.24. The maximum atomic E-state index is 5.50. The van der Waals surface area contributed by atoms with Crippen molar-refractivity contribution in [2.75, 3.05) is 12.8 Å². The molecule has 2 rings (SSSR count). The highest BCUT2D eigenvalue weighted by Crippen LogP contribution is 2.21. The standard InChI is InChI=1S/C13H15N3O/c1-9(17-2)10-3-5-11(6-4-10)12-7-16-13(14)8-15-12/h3-9H,1-2H3,(H2,14,16). The molecule has 0 aliphatic rings. The molecule has 17 heavy (non-hydrogen) atoms. The van der Waals surface area contributed by atoms with Crippen molar-refractivity contribution in [3.05, 3.63) is 42.2 Å². The van der Waals surface area contributed by atoms with Crippen molar-refractivity contribution in [3.63, 3.8) is 0 Å². The van der Waals surface area contributed by atoms with Crippen LogP contribution in [0, 0.1) is 0 Å². The van der Waals surface area contributed by atoms with Crippen LogP contribution in [0.5, 0.6) is 0 Å². The number of aromatic nitrogens is 2. The number of nitrogens with zero attached hydrogens (tertiary/aromatic N) is 2. The van der Waals surface area contributed by atoms with Crippen molar-refractivity contribution in [2.45, 2.75) is 13.0 Å². The zero-order valence-corrected chi connectivity index (χ0v) is 9.92. The number of hydrogen-bond donors (Lipinski definition) is 1. The Morgan fingerprint density at radius 2 is 1.82 bits per heavy atom. The van der Waals surface area contributed by atoms with Gasteiger partial charge in [-0.1, -0.05) is 24.3 Å². The largest absolute Gasteiger partial charge is 0.382 e. The van der Waals surface area contributed by atoms with Crippen LogP contribution in [-0.2, 0) is 4.74 Å². The Hall–Kier alpha value is -1.94. The lowest BCUT2D eigenvalue weighted by Crippen LogP contribution is -1.96. The van der Waals surface area contributed by atoms with E-state index in [0.29, 0.717) is 5.82 Å². The molecule has 1 unspecified atom stereocenters. The second kappa shape index (κ2) is 4.93. The molecule has 0 spiro atoms. The Kier molecular flexibility index (Phi) is 3.35. The van der Waals surface area contributed by atoms with Gasteiger partial charge in [-0.15, -0.1) is 0 Å². The molecule has 0 aliphatic heterocycles. The van der Waals surface area contributed by atoms with E-state index in [1.165, 1.54) is 0 Å². The second-order valence-corrected chi connectivity index (χ2v) is 3.83. The van der Waals surface area contributed by atoms with Gasteiger partial charge in [-0.2, -0.15) is 0 Å². The van der Waals surface area contributed by atoms with Crippen LogP contribution in [0.4, 0.5) is 5.82 Å². The third kappa shape index (κ3) is 2.60. The molecule has 0 saturated carbocycles. The molecule has 0 saturated heterocycles. The van der Waals surface area contributed by atoms with E-state index in [1.807, 2.05) is 31.2 Å². The van der Waals surface area contributed by atoms with Gasteiger partial charge >= 0.3 is 0 Å². The quantitative estimate of drug-likeness (QED) is 0.878. The predicted octanol–water partition coefficient (Wildman–Crippen LogP) is 2.43. The summed E-state index contributed by atoms with van der Waals surface area (Å²) in [7, 11) is 1.70. The number of nitrogen functional groups attached to an aromatic ring is 1. The van der Waals surface area contributed by atoms with Crippen molar-refractivity contribution < 1.29 is 4.74 Å². The molecule has 0 bridgehead atoms. The third-order valence-corrected chi connectivity index (χ3v) is 2.70. The van der Waals surface area contributed by atoms with E-state index in [0.717, 1.165) is 16.8 Å². The molecule has 0 aliphatic carbocycles. The molecule has 88 valence electrons. The summed E-state index contributed by atoms with van der Waals surface area (Å²) in [5.74, 6) is 0.429. The molecule has 1 aromatic carbocycles. The highest BCUT2D eigenvalue weighted by molar-refractivity contribution is 5.59. The van der Waals surface area contributed by atoms with Crippen LogP contribution in [-0.4, -0.2) is 17.1 Å². The van der Waals surface area contributed by atoms with Gasteiger partial charge in [0.05, 0.1) is 24.2 Å². The van der Waals surface area contributed by atoms with Crippen LogP contribution in [0.3, 0.4) is 0 Å². The first kappa shape index (κ1) is 11.5. The molecule has 0 fully saturated rings. The minimum Gasteiger partial charge on any atom is -0.382 e. The Morgan fingerprint density at radius 3 is 2.35 bits per heavy atom. The summed E-state index contributed by atoms with van der Waals surface area (Å²) in [6, 6.07) is 8.07. The topological polar surface area (TPSA) is 61.0 Å². The summed E-state index contributed by atoms with van der Waals surface area (Å²) in [5, 5.41) is 0. The van der Waals surface area contributed by atoms with Crippen LogP contribution < -0.4 is 5.73 Å². The van der Waals surface area contributed by atoms with Gasteiger partial charge in [0.1, 0.15) is 5.82 Å². The van der Waals surface area contributed by atoms with Crippen LogP contribution in [0.2, 0.25) is 0 Å². The minimum atomic E-state index is 0.0987. The van der Waals surface area contributed by atoms with Crippen molar-refractivity contribution in [3.8, 4) is 11.3 Å². The number of nitrogens with two attached hydrogens (primary N) is 1. The molecule has 1 atom stereocenters. The van der Waals surface area contributed by atoms with E-state index < -0.39 is 0 Å². The third-order valence-electron chi connectivity index (χ3n) is 2.70. The number of anilines is 1. The average Bonchev–Trinajstić information content (AvgIpc) is 2.39. The Bertz CT molecular complexity index is 479. The van der Waals surface area contributed by atoms with Crippen molar-refractivity contribution in [1.82, 2.24) is 9.97 Å². The zero-order chi connectivity index (χ0) is 12.3. The first-order chi connectivity index (χ1) is 8.20. The lowest BCUT2D eigenvalue weighted by molar-refractivity contribution is 0.119. The fourth-order valence-corrected chi connectivity index (χ4v) is 1.55. The van der Waals surface area contributed by atoms with Gasteiger partial charge in [0.15, 0.2) is 0 Å². The van der Waals surface area contributed by atoms with Gasteiger partial charge in [-0.05, 0) is 12.5 Å². The molecule has 0 amide bonds. The summed E-state index contributed by atoms with van der Waals surface area (Å²) in [5.41, 5.74) is 8.47. The van der Waals surface area contributed by atoms with Gasteiger partial charge in [0.25, 0.3) is 0 Å². The Balaban J connectivity index is 2.26. The average molecular weight is 229 g/mol. The van der Waals surface area contributed by atoms with E-state index in [1.54, 1.807) is 19.5 Å². The summed E-state index contributed by atoms with van der Waals surface area (Å²) >= 11 is 0. The van der Waals surface area contributed by atoms with E-state index >= 15 is 0 Å². The molecular formula is C13H15N3O. The molecule has 4 heteroatoms. The maximum Gasteiger partial charge on any atom is 0.141 e. The van der Waals surface area contributed by atoms with E-state index in [-0.39, 0.29) is 6.10 Å². The monoisotopic (exact) mass is 229 g/mol. The molecular weight excluding hydrogens is 214 g/mol. The Labute approximate surface area is 100 Å².